The number of hydrogen-bond donors (Lipinski definition) is 1. The maximum atomic E-state index is 12.3. The lowest BCUT2D eigenvalue weighted by molar-refractivity contribution is -0.274. The van der Waals surface area contributed by atoms with Crippen LogP contribution < -0.4 is 9.54 Å². The highest BCUT2D eigenvalue weighted by Gasteiger charge is 2.31. The molecule has 3 rings (SSSR count). The number of alkyl halides is 3. The van der Waals surface area contributed by atoms with Crippen LogP contribution in [-0.2, 0) is 11.3 Å². The Hall–Kier alpha value is -3.14. The first-order chi connectivity index (χ1) is 12.7. The van der Waals surface area contributed by atoms with Gasteiger partial charge in [-0.2, -0.15) is 4.99 Å². The molecule has 1 amide bonds. The summed E-state index contributed by atoms with van der Waals surface area (Å²) >= 11 is 1.14. The van der Waals surface area contributed by atoms with E-state index >= 15 is 0 Å². The van der Waals surface area contributed by atoms with Crippen molar-refractivity contribution in [3.63, 3.8) is 0 Å². The number of rotatable bonds is 4. The Labute approximate surface area is 153 Å². The van der Waals surface area contributed by atoms with E-state index in [1.807, 2.05) is 0 Å². The fourth-order valence-electron chi connectivity index (χ4n) is 2.34. The molecule has 1 aromatic heterocycles. The average Bonchev–Trinajstić information content (AvgIpc) is 2.91. The van der Waals surface area contributed by atoms with Crippen molar-refractivity contribution in [3.8, 4) is 5.75 Å². The monoisotopic (exact) mass is 396 g/mol. The molecule has 6 nitrogen and oxygen atoms in total. The largest absolute Gasteiger partial charge is 0.573 e. The number of halogens is 3. The van der Waals surface area contributed by atoms with Crippen LogP contribution in [0.3, 0.4) is 0 Å². The van der Waals surface area contributed by atoms with Crippen LogP contribution in [0.25, 0.3) is 10.2 Å². The second-order valence-corrected chi connectivity index (χ2v) is 6.33. The maximum absolute atomic E-state index is 12.3. The normalized spacial score (nSPS) is 12.3. The molecule has 1 heterocycles. The van der Waals surface area contributed by atoms with Gasteiger partial charge in [0.25, 0.3) is 5.91 Å². The third kappa shape index (κ3) is 4.53. The second kappa shape index (κ2) is 7.23. The summed E-state index contributed by atoms with van der Waals surface area (Å²) in [5.74, 6) is -2.26. The summed E-state index contributed by atoms with van der Waals surface area (Å²) in [5.41, 5.74) is 0.661. The number of aromatic nitrogens is 1. The van der Waals surface area contributed by atoms with Gasteiger partial charge in [-0.3, -0.25) is 9.59 Å². The Kier molecular flexibility index (Phi) is 5.00. The number of hydrogen-bond acceptors (Lipinski definition) is 4. The molecule has 0 atom stereocenters. The van der Waals surface area contributed by atoms with Gasteiger partial charge >= 0.3 is 12.3 Å². The summed E-state index contributed by atoms with van der Waals surface area (Å²) in [5, 5.41) is 9.10. The number of carboxylic acids is 1. The Bertz CT molecular complexity index is 1070. The first-order valence-electron chi connectivity index (χ1n) is 7.48. The van der Waals surface area contributed by atoms with Gasteiger partial charge in [0.2, 0.25) is 0 Å². The lowest BCUT2D eigenvalue weighted by Crippen LogP contribution is -2.21. The quantitative estimate of drug-likeness (QED) is 0.733. The molecular formula is C17H11F3N2O4S. The number of para-hydroxylation sites is 1. The third-order valence-electron chi connectivity index (χ3n) is 3.41. The van der Waals surface area contributed by atoms with Crippen molar-refractivity contribution < 1.29 is 32.6 Å². The van der Waals surface area contributed by atoms with Crippen LogP contribution in [0.4, 0.5) is 13.2 Å². The van der Waals surface area contributed by atoms with Gasteiger partial charge < -0.3 is 14.4 Å². The van der Waals surface area contributed by atoms with E-state index in [1.165, 1.54) is 4.57 Å². The van der Waals surface area contributed by atoms with Crippen molar-refractivity contribution in [2.24, 2.45) is 4.99 Å². The first-order valence-corrected chi connectivity index (χ1v) is 8.29. The van der Waals surface area contributed by atoms with Gasteiger partial charge in [-0.15, -0.1) is 13.2 Å². The number of fused-ring (bicyclic) bond motifs is 1. The lowest BCUT2D eigenvalue weighted by atomic mass is 10.2. The van der Waals surface area contributed by atoms with E-state index in [-0.39, 0.29) is 16.9 Å². The van der Waals surface area contributed by atoms with Gasteiger partial charge in [-0.05, 0) is 36.4 Å². The predicted molar refractivity (Wildman–Crippen MR) is 90.5 cm³/mol. The van der Waals surface area contributed by atoms with Crippen molar-refractivity contribution in [2.45, 2.75) is 12.9 Å². The number of thiazole rings is 1. The van der Waals surface area contributed by atoms with Crippen LogP contribution in [0.1, 0.15) is 10.4 Å². The molecular weight excluding hydrogens is 385 g/mol. The van der Waals surface area contributed by atoms with Crippen LogP contribution in [0.15, 0.2) is 53.5 Å². The molecule has 1 N–H and O–H groups in total. The van der Waals surface area contributed by atoms with Gasteiger partial charge in [0, 0.05) is 5.56 Å². The Morgan fingerprint density at radius 2 is 1.78 bits per heavy atom. The van der Waals surface area contributed by atoms with Gasteiger partial charge in [-0.25, -0.2) is 0 Å². The number of nitrogens with zero attached hydrogens (tertiary/aromatic N) is 2. The molecule has 27 heavy (non-hydrogen) atoms. The van der Waals surface area contributed by atoms with E-state index in [0.29, 0.717) is 5.52 Å². The zero-order valence-corrected chi connectivity index (χ0v) is 14.3. The number of benzene rings is 2. The van der Waals surface area contributed by atoms with Crippen LogP contribution in [0.5, 0.6) is 5.75 Å². The van der Waals surface area contributed by atoms with Crippen molar-refractivity contribution in [2.75, 3.05) is 0 Å². The highest BCUT2D eigenvalue weighted by Crippen LogP contribution is 2.23. The number of carbonyl (C=O) groups is 2. The topological polar surface area (TPSA) is 80.9 Å². The average molecular weight is 396 g/mol. The van der Waals surface area contributed by atoms with Crippen LogP contribution in [0, 0.1) is 0 Å². The number of amides is 1. The van der Waals surface area contributed by atoms with E-state index in [0.717, 1.165) is 40.3 Å². The summed E-state index contributed by atoms with van der Waals surface area (Å²) < 4.78 is 42.4. The Morgan fingerprint density at radius 1 is 1.11 bits per heavy atom. The molecule has 0 aliphatic heterocycles. The van der Waals surface area contributed by atoms with Crippen molar-refractivity contribution >= 4 is 33.4 Å². The molecule has 0 saturated heterocycles. The summed E-state index contributed by atoms with van der Waals surface area (Å²) in [6, 6.07) is 11.3. The molecule has 0 radical (unpaired) electrons. The zero-order chi connectivity index (χ0) is 19.6. The fraction of sp³-hybridized carbons (Fsp3) is 0.118. The molecule has 0 spiro atoms. The minimum absolute atomic E-state index is 0.0452. The van der Waals surface area contributed by atoms with Gasteiger partial charge in [-0.1, -0.05) is 23.5 Å². The minimum atomic E-state index is -4.82. The Morgan fingerprint density at radius 3 is 2.41 bits per heavy atom. The Balaban J connectivity index is 1.96. The zero-order valence-electron chi connectivity index (χ0n) is 13.4. The van der Waals surface area contributed by atoms with Crippen molar-refractivity contribution in [1.82, 2.24) is 4.57 Å². The molecule has 0 saturated carbocycles. The van der Waals surface area contributed by atoms with E-state index in [9.17, 15) is 22.8 Å². The summed E-state index contributed by atoms with van der Waals surface area (Å²) in [7, 11) is 0. The number of aliphatic carboxylic acids is 1. The van der Waals surface area contributed by atoms with Crippen LogP contribution in [0.2, 0.25) is 0 Å². The summed E-state index contributed by atoms with van der Waals surface area (Å²) in [4.78, 5) is 27.6. The molecule has 0 fully saturated rings. The summed E-state index contributed by atoms with van der Waals surface area (Å²) in [6.07, 6.45) is -4.82. The van der Waals surface area contributed by atoms with E-state index in [2.05, 4.69) is 9.73 Å². The molecule has 140 valence electrons. The van der Waals surface area contributed by atoms with E-state index in [1.54, 1.807) is 24.3 Å². The molecule has 3 aromatic rings. The highest BCUT2D eigenvalue weighted by atomic mass is 32.1. The van der Waals surface area contributed by atoms with Gasteiger partial charge in [0.1, 0.15) is 12.3 Å². The molecule has 10 heteroatoms. The highest BCUT2D eigenvalue weighted by molar-refractivity contribution is 7.16. The lowest BCUT2D eigenvalue weighted by Gasteiger charge is -2.08. The van der Waals surface area contributed by atoms with Crippen molar-refractivity contribution in [1.29, 1.82) is 0 Å². The molecule has 0 aliphatic rings. The van der Waals surface area contributed by atoms with Crippen LogP contribution in [-0.4, -0.2) is 27.9 Å². The second-order valence-electron chi connectivity index (χ2n) is 5.32. The van der Waals surface area contributed by atoms with E-state index in [4.69, 9.17) is 5.11 Å². The molecule has 0 unspecified atom stereocenters. The van der Waals surface area contributed by atoms with Crippen LogP contribution >= 0.6 is 11.3 Å². The first kappa shape index (κ1) is 18.6. The number of carbonyl (C=O) groups excluding carboxylic acids is 1. The predicted octanol–water partition coefficient (Wildman–Crippen LogP) is 3.43. The van der Waals surface area contributed by atoms with Crippen molar-refractivity contribution in [3.05, 3.63) is 58.9 Å². The SMILES string of the molecule is O=C(O)Cn1/c(=N/C(=O)c2ccc(OC(F)(F)F)cc2)sc2ccccc21. The molecule has 0 aliphatic carbocycles. The number of carboxylic acid groups (broad SMARTS) is 1. The number of ether oxygens (including phenoxy) is 1. The maximum Gasteiger partial charge on any atom is 0.573 e. The standard InChI is InChI=1S/C17H11F3N2O4S/c18-17(19,20)26-11-7-5-10(6-8-11)15(25)21-16-22(9-14(23)24)12-3-1-2-4-13(12)27-16/h1-8H,9H2,(H,23,24)/b21-16-. The summed E-state index contributed by atoms with van der Waals surface area (Å²) in [6.45, 7) is -0.380. The fourth-order valence-corrected chi connectivity index (χ4v) is 3.37. The smallest absolute Gasteiger partial charge is 0.480 e. The third-order valence-corrected chi connectivity index (χ3v) is 4.47. The minimum Gasteiger partial charge on any atom is -0.480 e. The molecule has 2 aromatic carbocycles. The van der Waals surface area contributed by atoms with Gasteiger partial charge in [0.05, 0.1) is 10.2 Å². The van der Waals surface area contributed by atoms with E-state index < -0.39 is 24.0 Å². The van der Waals surface area contributed by atoms with Gasteiger partial charge in [0.15, 0.2) is 4.80 Å². The molecule has 0 bridgehead atoms.